The molecule has 0 unspecified atom stereocenters. The molecule has 0 bridgehead atoms. The van der Waals surface area contributed by atoms with Crippen LogP contribution in [0, 0.1) is 23.0 Å². The number of aryl methyl sites for hydroxylation is 1. The normalized spacial score (nSPS) is 10.5. The highest BCUT2D eigenvalue weighted by molar-refractivity contribution is 5.95. The minimum atomic E-state index is -1.02. The third-order valence-electron chi connectivity index (χ3n) is 3.13. The average Bonchev–Trinajstić information content (AvgIpc) is 2.39. The lowest BCUT2D eigenvalue weighted by Gasteiger charge is -2.24. The number of benzene rings is 1. The van der Waals surface area contributed by atoms with E-state index in [1.165, 1.54) is 17.0 Å². The van der Waals surface area contributed by atoms with Crippen molar-refractivity contribution in [3.63, 3.8) is 0 Å². The molecule has 22 heavy (non-hydrogen) atoms. The lowest BCUT2D eigenvalue weighted by molar-refractivity contribution is -0.384. The molecule has 0 aromatic heterocycles. The Morgan fingerprint density at radius 1 is 1.36 bits per heavy atom. The van der Waals surface area contributed by atoms with Gasteiger partial charge in [-0.05, 0) is 18.4 Å². The van der Waals surface area contributed by atoms with Crippen molar-refractivity contribution in [2.24, 2.45) is 5.92 Å². The van der Waals surface area contributed by atoms with E-state index >= 15 is 0 Å². The summed E-state index contributed by atoms with van der Waals surface area (Å²) in [7, 11) is 0. The number of hydrogen-bond donors (Lipinski definition) is 1. The topological polar surface area (TPSA) is 101 Å². The van der Waals surface area contributed by atoms with Gasteiger partial charge in [0.25, 0.3) is 5.69 Å². The van der Waals surface area contributed by atoms with Crippen LogP contribution in [0.2, 0.25) is 0 Å². The summed E-state index contributed by atoms with van der Waals surface area (Å²) >= 11 is 0. The van der Waals surface area contributed by atoms with Gasteiger partial charge in [-0.2, -0.15) is 0 Å². The monoisotopic (exact) mass is 308 g/mol. The number of nitro groups is 1. The molecule has 120 valence electrons. The van der Waals surface area contributed by atoms with Crippen LogP contribution >= 0.6 is 0 Å². The van der Waals surface area contributed by atoms with Crippen molar-refractivity contribution in [1.29, 1.82) is 0 Å². The van der Waals surface area contributed by atoms with Crippen LogP contribution in [0.3, 0.4) is 0 Å². The van der Waals surface area contributed by atoms with Crippen LogP contribution in [-0.2, 0) is 9.59 Å². The minimum absolute atomic E-state index is 0.0110. The number of nitro benzene ring substituents is 1. The van der Waals surface area contributed by atoms with Crippen molar-refractivity contribution < 1.29 is 19.6 Å². The molecule has 0 atom stereocenters. The van der Waals surface area contributed by atoms with Crippen LogP contribution in [0.1, 0.15) is 32.3 Å². The molecule has 1 aromatic carbocycles. The van der Waals surface area contributed by atoms with Gasteiger partial charge in [-0.25, -0.2) is 0 Å². The Morgan fingerprint density at radius 2 is 2.00 bits per heavy atom. The lowest BCUT2D eigenvalue weighted by atomic mass is 10.1. The Kier molecular flexibility index (Phi) is 6.03. The Hall–Kier alpha value is -2.44. The molecule has 0 spiro atoms. The van der Waals surface area contributed by atoms with E-state index in [4.69, 9.17) is 5.11 Å². The number of anilines is 1. The van der Waals surface area contributed by atoms with Crippen molar-refractivity contribution in [3.05, 3.63) is 33.9 Å². The molecular formula is C15H20N2O5. The first-order valence-corrected chi connectivity index (χ1v) is 6.99. The van der Waals surface area contributed by atoms with E-state index in [9.17, 15) is 19.7 Å². The molecule has 0 radical (unpaired) electrons. The summed E-state index contributed by atoms with van der Waals surface area (Å²) in [6, 6.07) is 4.24. The van der Waals surface area contributed by atoms with Crippen molar-refractivity contribution >= 4 is 23.3 Å². The van der Waals surface area contributed by atoms with Gasteiger partial charge in [0.1, 0.15) is 0 Å². The zero-order chi connectivity index (χ0) is 16.9. The number of carbonyl (C=O) groups is 2. The predicted octanol–water partition coefficient (Wildman–Crippen LogP) is 2.76. The molecule has 7 nitrogen and oxygen atoms in total. The number of aliphatic carboxylic acids is 1. The maximum Gasteiger partial charge on any atom is 0.305 e. The number of carboxylic acids is 1. The van der Waals surface area contributed by atoms with Crippen LogP contribution in [0.5, 0.6) is 0 Å². The summed E-state index contributed by atoms with van der Waals surface area (Å²) in [5.41, 5.74) is 0.951. The third kappa shape index (κ3) is 4.83. The first-order chi connectivity index (χ1) is 10.2. The van der Waals surface area contributed by atoms with Crippen molar-refractivity contribution in [2.75, 3.05) is 11.4 Å². The standard InChI is InChI=1S/C15H20N2O5/c1-10(2)8-14(18)16(7-6-15(19)20)13-9-12(17(21)22)5-4-11(13)3/h4-5,9-10H,6-8H2,1-3H3,(H,19,20). The van der Waals surface area contributed by atoms with E-state index in [0.29, 0.717) is 11.3 Å². The molecule has 0 fully saturated rings. The van der Waals surface area contributed by atoms with Crippen LogP contribution < -0.4 is 4.90 Å². The summed E-state index contributed by atoms with van der Waals surface area (Å²) < 4.78 is 0. The summed E-state index contributed by atoms with van der Waals surface area (Å²) in [5, 5.41) is 19.7. The number of carbonyl (C=O) groups excluding carboxylic acids is 1. The van der Waals surface area contributed by atoms with Crippen LogP contribution in [-0.4, -0.2) is 28.5 Å². The van der Waals surface area contributed by atoms with Gasteiger partial charge in [0.05, 0.1) is 17.0 Å². The molecule has 0 aliphatic rings. The molecule has 7 heteroatoms. The highest BCUT2D eigenvalue weighted by Gasteiger charge is 2.21. The van der Waals surface area contributed by atoms with Gasteiger partial charge in [-0.15, -0.1) is 0 Å². The second-order valence-corrected chi connectivity index (χ2v) is 5.51. The van der Waals surface area contributed by atoms with E-state index in [1.54, 1.807) is 13.0 Å². The zero-order valence-electron chi connectivity index (χ0n) is 12.9. The summed E-state index contributed by atoms with van der Waals surface area (Å²) in [6.07, 6.45) is 0.0354. The Morgan fingerprint density at radius 3 is 2.50 bits per heavy atom. The Bertz CT molecular complexity index is 583. The van der Waals surface area contributed by atoms with Gasteiger partial charge in [0, 0.05) is 25.1 Å². The molecule has 0 saturated heterocycles. The second kappa shape index (κ2) is 7.53. The van der Waals surface area contributed by atoms with Gasteiger partial charge in [0.2, 0.25) is 5.91 Å². The number of nitrogens with zero attached hydrogens (tertiary/aromatic N) is 2. The highest BCUT2D eigenvalue weighted by atomic mass is 16.6. The van der Waals surface area contributed by atoms with Gasteiger partial charge >= 0.3 is 5.97 Å². The molecule has 1 rings (SSSR count). The fourth-order valence-electron chi connectivity index (χ4n) is 2.05. The molecule has 1 aromatic rings. The largest absolute Gasteiger partial charge is 0.481 e. The van der Waals surface area contributed by atoms with Crippen LogP contribution in [0.4, 0.5) is 11.4 Å². The van der Waals surface area contributed by atoms with Gasteiger partial charge in [-0.3, -0.25) is 19.7 Å². The Labute approximate surface area is 128 Å². The first kappa shape index (κ1) is 17.6. The Balaban J connectivity index is 3.18. The number of amides is 1. The fraction of sp³-hybridized carbons (Fsp3) is 0.467. The first-order valence-electron chi connectivity index (χ1n) is 6.99. The maximum atomic E-state index is 12.4. The summed E-state index contributed by atoms with van der Waals surface area (Å²) in [6.45, 7) is 5.49. The highest BCUT2D eigenvalue weighted by Crippen LogP contribution is 2.27. The predicted molar refractivity (Wildman–Crippen MR) is 81.9 cm³/mol. The number of rotatable bonds is 7. The summed E-state index contributed by atoms with van der Waals surface area (Å²) in [4.78, 5) is 34.9. The van der Waals surface area contributed by atoms with Crippen molar-refractivity contribution in [1.82, 2.24) is 0 Å². The quantitative estimate of drug-likeness (QED) is 0.616. The second-order valence-electron chi connectivity index (χ2n) is 5.51. The molecule has 0 saturated carbocycles. The molecule has 1 N–H and O–H groups in total. The average molecular weight is 308 g/mol. The van der Waals surface area contributed by atoms with Crippen molar-refractivity contribution in [2.45, 2.75) is 33.6 Å². The smallest absolute Gasteiger partial charge is 0.305 e. The molecular weight excluding hydrogens is 288 g/mol. The van der Waals surface area contributed by atoms with E-state index in [2.05, 4.69) is 0 Å². The molecule has 0 aliphatic carbocycles. The van der Waals surface area contributed by atoms with E-state index in [-0.39, 0.29) is 36.9 Å². The van der Waals surface area contributed by atoms with E-state index in [1.807, 2.05) is 13.8 Å². The lowest BCUT2D eigenvalue weighted by Crippen LogP contribution is -2.34. The molecule has 0 aliphatic heterocycles. The van der Waals surface area contributed by atoms with Gasteiger partial charge in [0.15, 0.2) is 0 Å². The van der Waals surface area contributed by atoms with E-state index < -0.39 is 10.9 Å². The number of hydrogen-bond acceptors (Lipinski definition) is 4. The minimum Gasteiger partial charge on any atom is -0.481 e. The van der Waals surface area contributed by atoms with E-state index in [0.717, 1.165) is 0 Å². The summed E-state index contributed by atoms with van der Waals surface area (Å²) in [5.74, 6) is -1.15. The fourth-order valence-corrected chi connectivity index (χ4v) is 2.05. The SMILES string of the molecule is Cc1ccc([N+](=O)[O-])cc1N(CCC(=O)O)C(=O)CC(C)C. The molecule has 0 heterocycles. The van der Waals surface area contributed by atoms with Crippen LogP contribution in [0.25, 0.3) is 0 Å². The van der Waals surface area contributed by atoms with Crippen molar-refractivity contribution in [3.8, 4) is 0 Å². The third-order valence-corrected chi connectivity index (χ3v) is 3.13. The van der Waals surface area contributed by atoms with Crippen LogP contribution in [0.15, 0.2) is 18.2 Å². The van der Waals surface area contributed by atoms with Gasteiger partial charge in [-0.1, -0.05) is 19.9 Å². The number of carboxylic acid groups (broad SMARTS) is 1. The maximum absolute atomic E-state index is 12.4. The molecule has 1 amide bonds. The number of non-ortho nitro benzene ring substituents is 1. The zero-order valence-corrected chi connectivity index (χ0v) is 12.9. The van der Waals surface area contributed by atoms with Gasteiger partial charge < -0.3 is 10.0 Å².